The number of H-pyrrole nitrogens is 1. The highest BCUT2D eigenvalue weighted by Crippen LogP contribution is 2.38. The Morgan fingerprint density at radius 3 is 3.18 bits per heavy atom. The molecule has 1 aromatic heterocycles. The molecular weight excluding hydrogens is 180 g/mol. The molecule has 1 unspecified atom stereocenters. The van der Waals surface area contributed by atoms with E-state index in [4.69, 9.17) is 11.6 Å². The van der Waals surface area contributed by atoms with Gasteiger partial charge in [-0.1, -0.05) is 0 Å². The molecule has 11 heavy (non-hydrogen) atoms. The predicted molar refractivity (Wildman–Crippen MR) is 48.0 cm³/mol. The molecular formula is C7H9ClN2S. The van der Waals surface area contributed by atoms with Crippen LogP contribution in [-0.4, -0.2) is 15.7 Å². The molecule has 1 saturated heterocycles. The van der Waals surface area contributed by atoms with Crippen molar-refractivity contribution >= 4 is 23.4 Å². The lowest BCUT2D eigenvalue weighted by molar-refractivity contribution is 0.812. The largest absolute Gasteiger partial charge is 0.332 e. The second kappa shape index (κ2) is 3.07. The van der Waals surface area contributed by atoms with Crippen LogP contribution < -0.4 is 0 Å². The van der Waals surface area contributed by atoms with E-state index in [0.29, 0.717) is 10.5 Å². The van der Waals surface area contributed by atoms with E-state index in [1.165, 1.54) is 24.3 Å². The van der Waals surface area contributed by atoms with Crippen LogP contribution in [0, 0.1) is 0 Å². The van der Waals surface area contributed by atoms with Gasteiger partial charge in [0.25, 0.3) is 0 Å². The Bertz CT molecular complexity index is 242. The zero-order valence-corrected chi connectivity index (χ0v) is 7.58. The van der Waals surface area contributed by atoms with Crippen molar-refractivity contribution in [3.05, 3.63) is 17.2 Å². The monoisotopic (exact) mass is 188 g/mol. The lowest BCUT2D eigenvalue weighted by atomic mass is 10.2. The smallest absolute Gasteiger partial charge is 0.200 e. The second-order valence-electron chi connectivity index (χ2n) is 2.63. The molecule has 0 aromatic carbocycles. The lowest BCUT2D eigenvalue weighted by Gasteiger charge is -2.02. The molecule has 1 aromatic rings. The SMILES string of the molecule is Clc1ncc(C2CCCS2)[nH]1. The minimum atomic E-state index is 0.507. The molecule has 1 atom stereocenters. The Kier molecular flexibility index (Phi) is 2.09. The summed E-state index contributed by atoms with van der Waals surface area (Å²) in [5.74, 6) is 1.27. The maximum Gasteiger partial charge on any atom is 0.200 e. The Morgan fingerprint density at radius 1 is 1.73 bits per heavy atom. The van der Waals surface area contributed by atoms with Crippen LogP contribution in [0.1, 0.15) is 23.8 Å². The van der Waals surface area contributed by atoms with Gasteiger partial charge in [0.05, 0.1) is 6.20 Å². The molecule has 0 bridgehead atoms. The van der Waals surface area contributed by atoms with Gasteiger partial charge >= 0.3 is 0 Å². The zero-order chi connectivity index (χ0) is 7.68. The number of rotatable bonds is 1. The van der Waals surface area contributed by atoms with E-state index < -0.39 is 0 Å². The maximum atomic E-state index is 5.66. The molecule has 1 fully saturated rings. The first-order valence-electron chi connectivity index (χ1n) is 3.68. The number of nitrogens with zero attached hydrogens (tertiary/aromatic N) is 1. The standard InChI is InChI=1S/C7H9ClN2S/c8-7-9-4-5(10-7)6-2-1-3-11-6/h4,6H,1-3H2,(H,9,10). The van der Waals surface area contributed by atoms with E-state index in [2.05, 4.69) is 9.97 Å². The molecule has 4 heteroatoms. The number of imidazole rings is 1. The highest BCUT2D eigenvalue weighted by atomic mass is 35.5. The first-order valence-corrected chi connectivity index (χ1v) is 5.11. The van der Waals surface area contributed by atoms with Crippen LogP contribution in [0.5, 0.6) is 0 Å². The molecule has 1 aliphatic heterocycles. The topological polar surface area (TPSA) is 28.7 Å². The molecule has 2 heterocycles. The van der Waals surface area contributed by atoms with E-state index in [-0.39, 0.29) is 0 Å². The highest BCUT2D eigenvalue weighted by Gasteiger charge is 2.18. The Hall–Kier alpha value is -0.150. The van der Waals surface area contributed by atoms with Crippen molar-refractivity contribution in [2.24, 2.45) is 0 Å². The summed E-state index contributed by atoms with van der Waals surface area (Å²) >= 11 is 7.64. The molecule has 2 nitrogen and oxygen atoms in total. The molecule has 0 saturated carbocycles. The number of aromatic amines is 1. The third kappa shape index (κ3) is 1.54. The number of aromatic nitrogens is 2. The molecule has 2 rings (SSSR count). The van der Waals surface area contributed by atoms with Crippen LogP contribution in [0.25, 0.3) is 0 Å². The van der Waals surface area contributed by atoms with E-state index in [1.807, 2.05) is 18.0 Å². The predicted octanol–water partition coefficient (Wildman–Crippen LogP) is 2.63. The Morgan fingerprint density at radius 2 is 2.64 bits per heavy atom. The number of halogens is 1. The summed E-state index contributed by atoms with van der Waals surface area (Å²) in [6, 6.07) is 0. The second-order valence-corrected chi connectivity index (χ2v) is 4.30. The number of thioether (sulfide) groups is 1. The quantitative estimate of drug-likeness (QED) is 0.734. The van der Waals surface area contributed by atoms with Crippen molar-refractivity contribution in [2.75, 3.05) is 5.75 Å². The molecule has 0 spiro atoms. The van der Waals surface area contributed by atoms with E-state index in [0.717, 1.165) is 0 Å². The van der Waals surface area contributed by atoms with Gasteiger partial charge in [0.2, 0.25) is 0 Å². The normalized spacial score (nSPS) is 24.3. The van der Waals surface area contributed by atoms with Gasteiger partial charge in [-0.2, -0.15) is 11.8 Å². The Balaban J connectivity index is 2.15. The third-order valence-corrected chi connectivity index (χ3v) is 3.45. The summed E-state index contributed by atoms with van der Waals surface area (Å²) in [4.78, 5) is 7.01. The van der Waals surface area contributed by atoms with E-state index in [1.54, 1.807) is 0 Å². The summed E-state index contributed by atoms with van der Waals surface area (Å²) in [7, 11) is 0. The Labute approximate surface area is 74.7 Å². The molecule has 1 aliphatic rings. The van der Waals surface area contributed by atoms with Gasteiger partial charge in [0.15, 0.2) is 5.28 Å². The fourth-order valence-corrected chi connectivity index (χ4v) is 2.70. The van der Waals surface area contributed by atoms with Crippen LogP contribution >= 0.6 is 23.4 Å². The highest BCUT2D eigenvalue weighted by molar-refractivity contribution is 7.99. The first-order chi connectivity index (χ1) is 5.36. The van der Waals surface area contributed by atoms with Gasteiger partial charge in [-0.15, -0.1) is 0 Å². The van der Waals surface area contributed by atoms with Crippen molar-refractivity contribution in [1.82, 2.24) is 9.97 Å². The van der Waals surface area contributed by atoms with Crippen LogP contribution in [0.4, 0.5) is 0 Å². The molecule has 1 N–H and O–H groups in total. The summed E-state index contributed by atoms with van der Waals surface area (Å²) in [6.07, 6.45) is 4.40. The average molecular weight is 189 g/mol. The van der Waals surface area contributed by atoms with Gasteiger partial charge in [-0.25, -0.2) is 4.98 Å². The van der Waals surface area contributed by atoms with Crippen molar-refractivity contribution < 1.29 is 0 Å². The average Bonchev–Trinajstić information content (AvgIpc) is 2.55. The summed E-state index contributed by atoms with van der Waals surface area (Å²) in [5.41, 5.74) is 1.18. The molecule has 0 radical (unpaired) electrons. The van der Waals surface area contributed by atoms with Crippen molar-refractivity contribution in [3.8, 4) is 0 Å². The van der Waals surface area contributed by atoms with Gasteiger partial charge in [-0.05, 0) is 30.2 Å². The minimum absolute atomic E-state index is 0.507. The molecule has 60 valence electrons. The van der Waals surface area contributed by atoms with Crippen molar-refractivity contribution in [3.63, 3.8) is 0 Å². The van der Waals surface area contributed by atoms with Crippen LogP contribution in [0.2, 0.25) is 5.28 Å². The maximum absolute atomic E-state index is 5.66. The summed E-state index contributed by atoms with van der Waals surface area (Å²) < 4.78 is 0. The van der Waals surface area contributed by atoms with Gasteiger partial charge in [0.1, 0.15) is 0 Å². The van der Waals surface area contributed by atoms with Gasteiger partial charge < -0.3 is 4.98 Å². The van der Waals surface area contributed by atoms with Crippen molar-refractivity contribution in [2.45, 2.75) is 18.1 Å². The zero-order valence-electron chi connectivity index (χ0n) is 6.01. The van der Waals surface area contributed by atoms with Crippen LogP contribution in [-0.2, 0) is 0 Å². The van der Waals surface area contributed by atoms with E-state index in [9.17, 15) is 0 Å². The first kappa shape index (κ1) is 7.50. The number of hydrogen-bond donors (Lipinski definition) is 1. The molecule has 0 aliphatic carbocycles. The number of hydrogen-bond acceptors (Lipinski definition) is 2. The summed E-state index contributed by atoms with van der Waals surface area (Å²) in [6.45, 7) is 0. The lowest BCUT2D eigenvalue weighted by Crippen LogP contribution is -1.86. The van der Waals surface area contributed by atoms with Crippen LogP contribution in [0.3, 0.4) is 0 Å². The van der Waals surface area contributed by atoms with E-state index >= 15 is 0 Å². The van der Waals surface area contributed by atoms with Crippen molar-refractivity contribution in [1.29, 1.82) is 0 Å². The fraction of sp³-hybridized carbons (Fsp3) is 0.571. The van der Waals surface area contributed by atoms with Gasteiger partial charge in [0, 0.05) is 10.9 Å². The third-order valence-electron chi connectivity index (χ3n) is 1.84. The fourth-order valence-electron chi connectivity index (χ4n) is 1.30. The summed E-state index contributed by atoms with van der Waals surface area (Å²) in [5, 5.41) is 1.11. The van der Waals surface area contributed by atoms with Crippen LogP contribution in [0.15, 0.2) is 6.20 Å². The minimum Gasteiger partial charge on any atom is -0.332 e. The number of nitrogens with one attached hydrogen (secondary N) is 1. The van der Waals surface area contributed by atoms with Gasteiger partial charge in [-0.3, -0.25) is 0 Å². The molecule has 0 amide bonds.